The van der Waals surface area contributed by atoms with Crippen LogP contribution in [0.5, 0.6) is 5.75 Å². The van der Waals surface area contributed by atoms with Crippen molar-refractivity contribution in [1.82, 2.24) is 5.32 Å². The number of carbonyl (C=O) groups is 1. The van der Waals surface area contributed by atoms with E-state index in [9.17, 15) is 4.79 Å². The van der Waals surface area contributed by atoms with Gasteiger partial charge in [-0.2, -0.15) is 0 Å². The Labute approximate surface area is 103 Å². The number of ether oxygens (including phenoxy) is 1. The van der Waals surface area contributed by atoms with Crippen molar-refractivity contribution in [2.75, 3.05) is 6.54 Å². The fraction of sp³-hybridized carbons (Fsp3) is 0.500. The topological polar surface area (TPSA) is 38.3 Å². The molecule has 1 amide bonds. The largest absolute Gasteiger partial charge is 0.481 e. The van der Waals surface area contributed by atoms with Crippen molar-refractivity contribution in [2.24, 2.45) is 0 Å². The van der Waals surface area contributed by atoms with Crippen molar-refractivity contribution in [2.45, 2.75) is 39.7 Å². The van der Waals surface area contributed by atoms with Gasteiger partial charge in [0.1, 0.15) is 5.75 Å². The fourth-order valence-corrected chi connectivity index (χ4v) is 1.54. The molecule has 0 unspecified atom stereocenters. The van der Waals surface area contributed by atoms with Crippen LogP contribution in [0.3, 0.4) is 0 Å². The molecule has 0 fully saturated rings. The molecule has 0 aliphatic rings. The normalized spacial score (nSPS) is 11.9. The molecular formula is C14H21NO2. The Kier molecular flexibility index (Phi) is 5.53. The third-order valence-corrected chi connectivity index (χ3v) is 2.48. The third-order valence-electron chi connectivity index (χ3n) is 2.48. The summed E-state index contributed by atoms with van der Waals surface area (Å²) in [7, 11) is 0. The van der Waals surface area contributed by atoms with Crippen LogP contribution < -0.4 is 10.1 Å². The number of aryl methyl sites for hydroxylation is 1. The van der Waals surface area contributed by atoms with E-state index in [0.717, 1.165) is 17.7 Å². The van der Waals surface area contributed by atoms with E-state index in [4.69, 9.17) is 4.74 Å². The van der Waals surface area contributed by atoms with Gasteiger partial charge in [-0.3, -0.25) is 4.79 Å². The van der Waals surface area contributed by atoms with Crippen molar-refractivity contribution in [3.8, 4) is 5.75 Å². The highest BCUT2D eigenvalue weighted by Crippen LogP contribution is 2.15. The molecular weight excluding hydrogens is 214 g/mol. The van der Waals surface area contributed by atoms with Gasteiger partial charge in [0.05, 0.1) is 0 Å². The first-order valence-corrected chi connectivity index (χ1v) is 6.18. The lowest BCUT2D eigenvalue weighted by Crippen LogP contribution is -2.38. The van der Waals surface area contributed by atoms with Crippen LogP contribution in [0.25, 0.3) is 0 Å². The first-order chi connectivity index (χ1) is 8.17. The van der Waals surface area contributed by atoms with Crippen molar-refractivity contribution in [1.29, 1.82) is 0 Å². The Morgan fingerprint density at radius 2 is 2.18 bits per heavy atom. The highest BCUT2D eigenvalue weighted by atomic mass is 16.5. The minimum atomic E-state index is -0.400. The molecule has 1 atom stereocenters. The summed E-state index contributed by atoms with van der Waals surface area (Å²) in [6, 6.07) is 7.75. The lowest BCUT2D eigenvalue weighted by molar-refractivity contribution is -0.128. The molecule has 3 heteroatoms. The molecule has 1 aromatic rings. The molecule has 1 N–H and O–H groups in total. The third kappa shape index (κ3) is 4.47. The molecule has 0 bridgehead atoms. The van der Waals surface area contributed by atoms with Crippen LogP contribution in [0.1, 0.15) is 32.3 Å². The van der Waals surface area contributed by atoms with Crippen molar-refractivity contribution >= 4 is 5.91 Å². The van der Waals surface area contributed by atoms with E-state index in [0.29, 0.717) is 13.0 Å². The van der Waals surface area contributed by atoms with Gasteiger partial charge in [0, 0.05) is 6.54 Å². The van der Waals surface area contributed by atoms with Gasteiger partial charge in [-0.1, -0.05) is 26.0 Å². The Morgan fingerprint density at radius 1 is 1.41 bits per heavy atom. The number of amides is 1. The lowest BCUT2D eigenvalue weighted by Gasteiger charge is -2.17. The van der Waals surface area contributed by atoms with Crippen LogP contribution in [0, 0.1) is 6.92 Å². The summed E-state index contributed by atoms with van der Waals surface area (Å²) in [4.78, 5) is 11.8. The van der Waals surface area contributed by atoms with Gasteiger partial charge in [0.2, 0.25) is 0 Å². The molecule has 0 spiro atoms. The quantitative estimate of drug-likeness (QED) is 0.823. The standard InChI is InChI=1S/C14H21NO2/c1-4-9-15-14(16)13(5-2)17-12-8-6-7-11(3)10-12/h6-8,10,13H,4-5,9H2,1-3H3,(H,15,16)/t13-/m0/s1. The van der Waals surface area contributed by atoms with Crippen LogP contribution >= 0.6 is 0 Å². The molecule has 0 heterocycles. The summed E-state index contributed by atoms with van der Waals surface area (Å²) in [5.41, 5.74) is 1.13. The van der Waals surface area contributed by atoms with Crippen molar-refractivity contribution in [3.05, 3.63) is 29.8 Å². The van der Waals surface area contributed by atoms with Crippen molar-refractivity contribution < 1.29 is 9.53 Å². The lowest BCUT2D eigenvalue weighted by atomic mass is 10.2. The van der Waals surface area contributed by atoms with Gasteiger partial charge in [-0.05, 0) is 37.5 Å². The summed E-state index contributed by atoms with van der Waals surface area (Å²) in [6.07, 6.45) is 1.21. The molecule has 0 aliphatic carbocycles. The maximum Gasteiger partial charge on any atom is 0.261 e. The van der Waals surface area contributed by atoms with Gasteiger partial charge in [-0.25, -0.2) is 0 Å². The van der Waals surface area contributed by atoms with Gasteiger partial charge in [-0.15, -0.1) is 0 Å². The predicted octanol–water partition coefficient (Wildman–Crippen LogP) is 2.68. The average molecular weight is 235 g/mol. The van der Waals surface area contributed by atoms with Gasteiger partial charge in [0.25, 0.3) is 5.91 Å². The number of rotatable bonds is 6. The van der Waals surface area contributed by atoms with Crippen LogP contribution in [0.15, 0.2) is 24.3 Å². The minimum absolute atomic E-state index is 0.0316. The Morgan fingerprint density at radius 3 is 2.76 bits per heavy atom. The van der Waals surface area contributed by atoms with E-state index in [1.54, 1.807) is 0 Å². The maximum absolute atomic E-state index is 11.8. The Bertz CT molecular complexity index is 363. The number of hydrogen-bond acceptors (Lipinski definition) is 2. The molecule has 17 heavy (non-hydrogen) atoms. The highest BCUT2D eigenvalue weighted by Gasteiger charge is 2.17. The van der Waals surface area contributed by atoms with Gasteiger partial charge >= 0.3 is 0 Å². The van der Waals surface area contributed by atoms with Crippen LogP contribution in [-0.2, 0) is 4.79 Å². The predicted molar refractivity (Wildman–Crippen MR) is 69.2 cm³/mol. The summed E-state index contributed by atoms with van der Waals surface area (Å²) >= 11 is 0. The van der Waals surface area contributed by atoms with E-state index < -0.39 is 6.10 Å². The zero-order valence-corrected chi connectivity index (χ0v) is 10.8. The molecule has 0 aliphatic heterocycles. The Hall–Kier alpha value is -1.51. The van der Waals surface area contributed by atoms with Gasteiger partial charge < -0.3 is 10.1 Å². The monoisotopic (exact) mass is 235 g/mol. The second-order valence-corrected chi connectivity index (χ2v) is 4.12. The number of nitrogens with one attached hydrogen (secondary N) is 1. The van der Waals surface area contributed by atoms with E-state index in [2.05, 4.69) is 5.32 Å². The SMILES string of the molecule is CCCNC(=O)[C@H](CC)Oc1cccc(C)c1. The van der Waals surface area contributed by atoms with E-state index in [1.165, 1.54) is 0 Å². The van der Waals surface area contributed by atoms with E-state index in [-0.39, 0.29) is 5.91 Å². The summed E-state index contributed by atoms with van der Waals surface area (Å²) < 4.78 is 5.69. The molecule has 3 nitrogen and oxygen atoms in total. The zero-order chi connectivity index (χ0) is 12.7. The van der Waals surface area contributed by atoms with Crippen LogP contribution in [0.4, 0.5) is 0 Å². The molecule has 0 saturated carbocycles. The minimum Gasteiger partial charge on any atom is -0.481 e. The molecule has 94 valence electrons. The average Bonchev–Trinajstić information content (AvgIpc) is 2.33. The zero-order valence-electron chi connectivity index (χ0n) is 10.8. The number of benzene rings is 1. The number of hydrogen-bond donors (Lipinski definition) is 1. The van der Waals surface area contributed by atoms with Gasteiger partial charge in [0.15, 0.2) is 6.10 Å². The van der Waals surface area contributed by atoms with Crippen molar-refractivity contribution in [3.63, 3.8) is 0 Å². The highest BCUT2D eigenvalue weighted by molar-refractivity contribution is 5.81. The Balaban J connectivity index is 2.60. The second kappa shape index (κ2) is 6.94. The van der Waals surface area contributed by atoms with E-state index >= 15 is 0 Å². The van der Waals surface area contributed by atoms with Crippen LogP contribution in [0.2, 0.25) is 0 Å². The molecule has 0 aromatic heterocycles. The van der Waals surface area contributed by atoms with Crippen LogP contribution in [-0.4, -0.2) is 18.6 Å². The second-order valence-electron chi connectivity index (χ2n) is 4.12. The summed E-state index contributed by atoms with van der Waals surface area (Å²) in [5.74, 6) is 0.722. The molecule has 1 rings (SSSR count). The summed E-state index contributed by atoms with van der Waals surface area (Å²) in [6.45, 7) is 6.69. The fourth-order valence-electron chi connectivity index (χ4n) is 1.54. The smallest absolute Gasteiger partial charge is 0.261 e. The molecule has 1 aromatic carbocycles. The first-order valence-electron chi connectivity index (χ1n) is 6.18. The number of carbonyl (C=O) groups excluding carboxylic acids is 1. The molecule has 0 saturated heterocycles. The maximum atomic E-state index is 11.8. The summed E-state index contributed by atoms with van der Waals surface area (Å²) in [5, 5.41) is 2.85. The molecule has 0 radical (unpaired) electrons. The van der Waals surface area contributed by atoms with E-state index in [1.807, 2.05) is 45.0 Å². The first kappa shape index (κ1) is 13.6.